The van der Waals surface area contributed by atoms with Gasteiger partial charge in [0, 0.05) is 12.8 Å². The number of likely N-dealkylation sites (tertiary alicyclic amines) is 1. The summed E-state index contributed by atoms with van der Waals surface area (Å²) in [6.45, 7) is 4.19. The highest BCUT2D eigenvalue weighted by atomic mass is 16.6. The van der Waals surface area contributed by atoms with Crippen LogP contribution in [-0.4, -0.2) is 76.1 Å². The molecule has 202 valence electrons. The first-order valence-corrected chi connectivity index (χ1v) is 13.1. The Bertz CT molecular complexity index is 942. The van der Waals surface area contributed by atoms with Crippen LogP contribution in [0, 0.1) is 0 Å². The van der Waals surface area contributed by atoms with Gasteiger partial charge in [0.1, 0.15) is 11.5 Å². The minimum absolute atomic E-state index is 0.0852. The molecule has 1 heterocycles. The first-order valence-electron chi connectivity index (χ1n) is 13.1. The number of carbonyl (C=O) groups is 2. The second-order valence-corrected chi connectivity index (χ2v) is 9.83. The van der Waals surface area contributed by atoms with Gasteiger partial charge in [-0.25, -0.2) is 9.59 Å². The van der Waals surface area contributed by atoms with Gasteiger partial charge in [-0.1, -0.05) is 24.3 Å². The van der Waals surface area contributed by atoms with Gasteiger partial charge in [-0.05, 0) is 61.1 Å². The lowest BCUT2D eigenvalue weighted by molar-refractivity contribution is -0.933. The molecule has 8 nitrogen and oxygen atoms in total. The summed E-state index contributed by atoms with van der Waals surface area (Å²) in [6.07, 6.45) is 6.27. The highest BCUT2D eigenvalue weighted by molar-refractivity contribution is 5.71. The predicted molar refractivity (Wildman–Crippen MR) is 141 cm³/mol. The Morgan fingerprint density at radius 1 is 0.865 bits per heavy atom. The van der Waals surface area contributed by atoms with Crippen LogP contribution in [0.1, 0.15) is 36.8 Å². The molecule has 37 heavy (non-hydrogen) atoms. The number of quaternary nitrogens is 1. The fraction of sp³-hybridized carbons (Fsp3) is 0.517. The molecule has 1 unspecified atom stereocenters. The highest BCUT2D eigenvalue weighted by Gasteiger charge is 2.32. The lowest BCUT2D eigenvalue weighted by Gasteiger charge is -2.44. The van der Waals surface area contributed by atoms with Crippen LogP contribution in [0.5, 0.6) is 11.5 Å². The van der Waals surface area contributed by atoms with Gasteiger partial charge >= 0.3 is 11.9 Å². The molecule has 8 heteroatoms. The van der Waals surface area contributed by atoms with Crippen molar-refractivity contribution in [1.29, 1.82) is 0 Å². The van der Waals surface area contributed by atoms with Gasteiger partial charge < -0.3 is 29.2 Å². The second kappa shape index (κ2) is 14.6. The standard InChI is InChI=1S/C29H41N2O6/c1-34-28(32)21-36-26-13-3-8-23(18-26)10-5-15-31(17-7-12-25(30)20-31)16-6-11-24-9-4-14-27(19-24)37-22-29(33)35-2/h3-4,8-9,13-14,18-19,25H,5-7,10-12,15-17,20-22,30H2,1-2H3/q+1. The molecule has 2 aromatic carbocycles. The van der Waals surface area contributed by atoms with Crippen LogP contribution in [0.2, 0.25) is 0 Å². The molecule has 0 radical (unpaired) electrons. The van der Waals surface area contributed by atoms with Gasteiger partial charge in [-0.3, -0.25) is 0 Å². The lowest BCUT2D eigenvalue weighted by Crippen LogP contribution is -2.58. The summed E-state index contributed by atoms with van der Waals surface area (Å²) in [7, 11) is 2.71. The Morgan fingerprint density at radius 2 is 1.38 bits per heavy atom. The Kier molecular flexibility index (Phi) is 11.2. The molecule has 1 saturated heterocycles. The van der Waals surface area contributed by atoms with Crippen LogP contribution in [0.15, 0.2) is 48.5 Å². The van der Waals surface area contributed by atoms with Gasteiger partial charge in [-0.2, -0.15) is 0 Å². The number of esters is 2. The maximum absolute atomic E-state index is 11.4. The van der Waals surface area contributed by atoms with Crippen molar-refractivity contribution in [3.63, 3.8) is 0 Å². The van der Waals surface area contributed by atoms with E-state index in [1.807, 2.05) is 36.4 Å². The van der Waals surface area contributed by atoms with Crippen molar-refractivity contribution in [2.24, 2.45) is 5.73 Å². The molecular weight excluding hydrogens is 472 g/mol. The third-order valence-corrected chi connectivity index (χ3v) is 6.99. The van der Waals surface area contributed by atoms with Crippen molar-refractivity contribution in [2.45, 2.75) is 44.6 Å². The average Bonchev–Trinajstić information content (AvgIpc) is 2.91. The van der Waals surface area contributed by atoms with E-state index in [0.717, 1.165) is 69.2 Å². The third-order valence-electron chi connectivity index (χ3n) is 6.99. The van der Waals surface area contributed by atoms with Gasteiger partial charge in [0.05, 0.1) is 46.4 Å². The van der Waals surface area contributed by atoms with E-state index < -0.39 is 11.9 Å². The minimum atomic E-state index is -0.390. The number of carbonyl (C=O) groups excluding carboxylic acids is 2. The summed E-state index contributed by atoms with van der Waals surface area (Å²) in [4.78, 5) is 22.7. The Balaban J connectivity index is 1.52. The van der Waals surface area contributed by atoms with E-state index in [1.54, 1.807) is 0 Å². The molecule has 3 rings (SSSR count). The molecule has 2 N–H and O–H groups in total. The van der Waals surface area contributed by atoms with E-state index in [2.05, 4.69) is 21.6 Å². The summed E-state index contributed by atoms with van der Waals surface area (Å²) >= 11 is 0. The summed E-state index contributed by atoms with van der Waals surface area (Å²) in [5, 5.41) is 0. The number of piperidine rings is 1. The molecule has 2 aromatic rings. The molecule has 1 fully saturated rings. The van der Waals surface area contributed by atoms with Crippen molar-refractivity contribution in [3.8, 4) is 11.5 Å². The Morgan fingerprint density at radius 3 is 1.84 bits per heavy atom. The Labute approximate surface area is 220 Å². The second-order valence-electron chi connectivity index (χ2n) is 9.83. The number of methoxy groups -OCH3 is 2. The molecule has 0 saturated carbocycles. The highest BCUT2D eigenvalue weighted by Crippen LogP contribution is 2.23. The molecule has 0 spiro atoms. The topological polar surface area (TPSA) is 97.1 Å². The summed E-state index contributed by atoms with van der Waals surface area (Å²) in [5.74, 6) is 0.589. The van der Waals surface area contributed by atoms with Gasteiger partial charge in [-0.15, -0.1) is 0 Å². The smallest absolute Gasteiger partial charge is 0.343 e. The summed E-state index contributed by atoms with van der Waals surface area (Å²) in [6, 6.07) is 16.1. The average molecular weight is 514 g/mol. The van der Waals surface area contributed by atoms with E-state index in [9.17, 15) is 9.59 Å². The zero-order valence-corrected chi connectivity index (χ0v) is 22.2. The SMILES string of the molecule is COC(=O)COc1cccc(CCC[N+]2(CCCc3cccc(OCC(=O)OC)c3)CCCC(N)C2)c1. The van der Waals surface area contributed by atoms with Gasteiger partial charge in [0.15, 0.2) is 13.2 Å². The summed E-state index contributed by atoms with van der Waals surface area (Å²) in [5.41, 5.74) is 8.83. The van der Waals surface area contributed by atoms with Crippen molar-refractivity contribution in [2.75, 3.05) is 53.6 Å². The van der Waals surface area contributed by atoms with Gasteiger partial charge in [0.2, 0.25) is 0 Å². The number of rotatable bonds is 14. The van der Waals surface area contributed by atoms with Crippen LogP contribution < -0.4 is 15.2 Å². The maximum Gasteiger partial charge on any atom is 0.343 e. The first kappa shape index (κ1) is 28.5. The Hall–Kier alpha value is -3.10. The predicted octanol–water partition coefficient (Wildman–Crippen LogP) is 3.29. The van der Waals surface area contributed by atoms with Gasteiger partial charge in [0.25, 0.3) is 0 Å². The zero-order chi connectivity index (χ0) is 26.5. The van der Waals surface area contributed by atoms with Crippen LogP contribution in [0.4, 0.5) is 0 Å². The molecule has 1 aliphatic rings. The van der Waals surface area contributed by atoms with E-state index >= 15 is 0 Å². The monoisotopic (exact) mass is 513 g/mol. The molecule has 0 aliphatic carbocycles. The van der Waals surface area contributed by atoms with Crippen molar-refractivity contribution < 1.29 is 33.0 Å². The largest absolute Gasteiger partial charge is 0.482 e. The number of benzene rings is 2. The number of nitrogens with zero attached hydrogens (tertiary/aromatic N) is 1. The van der Waals surface area contributed by atoms with E-state index in [-0.39, 0.29) is 19.3 Å². The molecular formula is C29H41N2O6+. The van der Waals surface area contributed by atoms with E-state index in [0.29, 0.717) is 11.5 Å². The first-order chi connectivity index (χ1) is 17.9. The third kappa shape index (κ3) is 9.70. The van der Waals surface area contributed by atoms with Crippen molar-refractivity contribution >= 4 is 11.9 Å². The number of hydrogen-bond acceptors (Lipinski definition) is 7. The molecule has 0 aromatic heterocycles. The van der Waals surface area contributed by atoms with Crippen LogP contribution in [-0.2, 0) is 31.9 Å². The fourth-order valence-electron chi connectivity index (χ4n) is 5.11. The number of nitrogens with two attached hydrogens (primary N) is 1. The zero-order valence-electron chi connectivity index (χ0n) is 22.2. The van der Waals surface area contributed by atoms with Crippen molar-refractivity contribution in [1.82, 2.24) is 0 Å². The molecule has 1 aliphatic heterocycles. The molecule has 0 amide bonds. The lowest BCUT2D eigenvalue weighted by atomic mass is 10.00. The number of aryl methyl sites for hydroxylation is 2. The van der Waals surface area contributed by atoms with Crippen LogP contribution >= 0.6 is 0 Å². The van der Waals surface area contributed by atoms with E-state index in [4.69, 9.17) is 15.2 Å². The minimum Gasteiger partial charge on any atom is -0.482 e. The van der Waals surface area contributed by atoms with Crippen molar-refractivity contribution in [3.05, 3.63) is 59.7 Å². The summed E-state index contributed by atoms with van der Waals surface area (Å²) < 4.78 is 21.4. The van der Waals surface area contributed by atoms with E-state index in [1.165, 1.54) is 25.3 Å². The molecule has 0 bridgehead atoms. The van der Waals surface area contributed by atoms with Crippen LogP contribution in [0.3, 0.4) is 0 Å². The van der Waals surface area contributed by atoms with Crippen LogP contribution in [0.25, 0.3) is 0 Å². The molecule has 1 atom stereocenters. The quantitative estimate of drug-likeness (QED) is 0.306. The fourth-order valence-corrected chi connectivity index (χ4v) is 5.11. The normalized spacial score (nSPS) is 16.6. The maximum atomic E-state index is 11.4. The number of hydrogen-bond donors (Lipinski definition) is 1. The number of ether oxygens (including phenoxy) is 4.